The number of carboxylic acids is 1. The lowest BCUT2D eigenvalue weighted by atomic mass is 9.81. The van der Waals surface area contributed by atoms with Gasteiger partial charge in [0.2, 0.25) is 5.91 Å². The second kappa shape index (κ2) is 13.3. The molecule has 5 nitrogen and oxygen atoms in total. The summed E-state index contributed by atoms with van der Waals surface area (Å²) in [5.74, 6) is -1.22. The molecule has 4 unspecified atom stereocenters. The molecule has 6 heteroatoms. The number of anilines is 1. The van der Waals surface area contributed by atoms with Gasteiger partial charge >= 0.3 is 5.97 Å². The average Bonchev–Trinajstić information content (AvgIpc) is 3.24. The van der Waals surface area contributed by atoms with Crippen LogP contribution in [-0.4, -0.2) is 22.0 Å². The van der Waals surface area contributed by atoms with Crippen LogP contribution in [0.4, 0.5) is 10.1 Å². The first-order valence-electron chi connectivity index (χ1n) is 15.0. The standard InChI is InChI=1S/C36H39FN2O3/c1-23-6-16-30(17-7-23)39-35(40)32(18-10-25-8-11-26(12-9-25)24(2)36(41)42)28-5-3-4-27(13-14-28)31-20-21-38-34-19-15-29(37)22-33(31)34/h6-9,11-12,15-17,19-22,24,27-28,32H,3-5,10,13-14,18H2,1-2H3,(H,39,40)(H,41,42). The number of amides is 1. The third kappa shape index (κ3) is 7.04. The molecule has 0 radical (unpaired) electrons. The summed E-state index contributed by atoms with van der Waals surface area (Å²) < 4.78 is 14.1. The number of halogens is 1. The van der Waals surface area contributed by atoms with Gasteiger partial charge in [-0.15, -0.1) is 0 Å². The van der Waals surface area contributed by atoms with Gasteiger partial charge in [0.05, 0.1) is 11.4 Å². The smallest absolute Gasteiger partial charge is 0.310 e. The predicted octanol–water partition coefficient (Wildman–Crippen LogP) is 8.42. The van der Waals surface area contributed by atoms with Crippen molar-refractivity contribution in [2.24, 2.45) is 11.8 Å². The molecule has 5 rings (SSSR count). The number of aromatic nitrogens is 1. The molecule has 1 heterocycles. The highest BCUT2D eigenvalue weighted by atomic mass is 19.1. The van der Waals surface area contributed by atoms with Gasteiger partial charge in [0.15, 0.2) is 0 Å². The Morgan fingerprint density at radius 1 is 0.976 bits per heavy atom. The van der Waals surface area contributed by atoms with Crippen LogP contribution in [0.2, 0.25) is 0 Å². The van der Waals surface area contributed by atoms with Crippen molar-refractivity contribution < 1.29 is 19.1 Å². The fraction of sp³-hybridized carbons (Fsp3) is 0.361. The summed E-state index contributed by atoms with van der Waals surface area (Å²) in [6.45, 7) is 3.71. The molecule has 1 aromatic heterocycles. The Morgan fingerprint density at radius 3 is 2.48 bits per heavy atom. The molecule has 4 atom stereocenters. The molecule has 0 bridgehead atoms. The normalized spacial score (nSPS) is 18.6. The van der Waals surface area contributed by atoms with Gasteiger partial charge in [-0.25, -0.2) is 4.39 Å². The third-order valence-corrected chi connectivity index (χ3v) is 9.01. The zero-order valence-electron chi connectivity index (χ0n) is 24.4. The van der Waals surface area contributed by atoms with E-state index in [1.807, 2.05) is 67.7 Å². The molecular formula is C36H39FN2O3. The van der Waals surface area contributed by atoms with Gasteiger partial charge in [-0.3, -0.25) is 14.6 Å². The maximum atomic E-state index is 14.1. The molecule has 0 spiro atoms. The molecule has 1 fully saturated rings. The van der Waals surface area contributed by atoms with Crippen molar-refractivity contribution in [2.45, 2.75) is 70.6 Å². The van der Waals surface area contributed by atoms with E-state index in [4.69, 9.17) is 0 Å². The van der Waals surface area contributed by atoms with Crippen molar-refractivity contribution in [3.05, 3.63) is 107 Å². The first-order valence-corrected chi connectivity index (χ1v) is 15.0. The largest absolute Gasteiger partial charge is 0.481 e. The van der Waals surface area contributed by atoms with Crippen LogP contribution < -0.4 is 5.32 Å². The van der Waals surface area contributed by atoms with Crippen LogP contribution in [0.1, 0.15) is 79.5 Å². The Kier molecular flexibility index (Phi) is 9.31. The van der Waals surface area contributed by atoms with Crippen molar-refractivity contribution in [1.82, 2.24) is 4.98 Å². The first-order chi connectivity index (χ1) is 20.3. The number of carbonyl (C=O) groups is 2. The van der Waals surface area contributed by atoms with Crippen molar-refractivity contribution >= 4 is 28.5 Å². The number of hydrogen-bond donors (Lipinski definition) is 2. The Balaban J connectivity index is 1.33. The number of fused-ring (bicyclic) bond motifs is 1. The van der Waals surface area contributed by atoms with Gasteiger partial charge in [0, 0.05) is 23.2 Å². The Bertz CT molecular complexity index is 1530. The first kappa shape index (κ1) is 29.4. The zero-order chi connectivity index (χ0) is 29.6. The molecule has 42 heavy (non-hydrogen) atoms. The maximum absolute atomic E-state index is 14.1. The summed E-state index contributed by atoms with van der Waals surface area (Å²) in [5.41, 5.74) is 5.78. The van der Waals surface area contributed by atoms with Gasteiger partial charge in [0.25, 0.3) is 0 Å². The highest BCUT2D eigenvalue weighted by Crippen LogP contribution is 2.40. The van der Waals surface area contributed by atoms with E-state index in [0.29, 0.717) is 12.3 Å². The van der Waals surface area contributed by atoms with Crippen molar-refractivity contribution in [2.75, 3.05) is 5.32 Å². The number of nitrogens with one attached hydrogen (secondary N) is 1. The van der Waals surface area contributed by atoms with Crippen molar-refractivity contribution in [3.8, 4) is 0 Å². The number of aliphatic carboxylic acids is 1. The summed E-state index contributed by atoms with van der Waals surface area (Å²) in [6, 6.07) is 22.5. The van der Waals surface area contributed by atoms with E-state index < -0.39 is 11.9 Å². The van der Waals surface area contributed by atoms with Gasteiger partial charge in [-0.2, -0.15) is 0 Å². The van der Waals surface area contributed by atoms with Crippen LogP contribution in [0.15, 0.2) is 79.0 Å². The number of carbonyl (C=O) groups excluding carboxylic acids is 1. The predicted molar refractivity (Wildman–Crippen MR) is 165 cm³/mol. The van der Waals surface area contributed by atoms with Crippen molar-refractivity contribution in [3.63, 3.8) is 0 Å². The van der Waals surface area contributed by atoms with Crippen LogP contribution in [0.25, 0.3) is 10.9 Å². The van der Waals surface area contributed by atoms with Gasteiger partial charge < -0.3 is 10.4 Å². The minimum Gasteiger partial charge on any atom is -0.481 e. The highest BCUT2D eigenvalue weighted by Gasteiger charge is 2.31. The Labute approximate surface area is 247 Å². The number of carboxylic acid groups (broad SMARTS) is 1. The third-order valence-electron chi connectivity index (χ3n) is 9.01. The summed E-state index contributed by atoms with van der Waals surface area (Å²) in [5, 5.41) is 13.4. The number of benzene rings is 3. The molecule has 218 valence electrons. The summed E-state index contributed by atoms with van der Waals surface area (Å²) in [4.78, 5) is 29.6. The van der Waals surface area contributed by atoms with E-state index in [1.54, 1.807) is 19.1 Å². The topological polar surface area (TPSA) is 79.3 Å². The molecule has 1 aliphatic carbocycles. The molecule has 0 saturated heterocycles. The number of nitrogens with zero attached hydrogens (tertiary/aromatic N) is 1. The molecule has 1 amide bonds. The van der Waals surface area contributed by atoms with Gasteiger partial charge in [-0.05, 0) is 117 Å². The molecule has 0 aliphatic heterocycles. The lowest BCUT2D eigenvalue weighted by Gasteiger charge is -2.26. The van der Waals surface area contributed by atoms with Gasteiger partial charge in [-0.1, -0.05) is 48.4 Å². The lowest BCUT2D eigenvalue weighted by molar-refractivity contribution is -0.138. The molecule has 3 aromatic carbocycles. The SMILES string of the molecule is Cc1ccc(NC(=O)C(CCc2ccc(C(C)C(=O)O)cc2)C2CCCC(c3ccnc4ccc(F)cc34)CC2)cc1. The monoisotopic (exact) mass is 566 g/mol. The summed E-state index contributed by atoms with van der Waals surface area (Å²) >= 11 is 0. The van der Waals surface area contributed by atoms with Crippen LogP contribution in [0, 0.1) is 24.6 Å². The van der Waals surface area contributed by atoms with Crippen LogP contribution in [0.5, 0.6) is 0 Å². The molecule has 1 aliphatic rings. The molecule has 2 N–H and O–H groups in total. The number of rotatable bonds is 9. The highest BCUT2D eigenvalue weighted by molar-refractivity contribution is 5.92. The van der Waals surface area contributed by atoms with Crippen LogP contribution >= 0.6 is 0 Å². The summed E-state index contributed by atoms with van der Waals surface area (Å²) in [7, 11) is 0. The quantitative estimate of drug-likeness (QED) is 0.199. The molecular weight excluding hydrogens is 527 g/mol. The van der Waals surface area contributed by atoms with E-state index in [2.05, 4.69) is 10.3 Å². The zero-order valence-corrected chi connectivity index (χ0v) is 24.4. The van der Waals surface area contributed by atoms with E-state index in [9.17, 15) is 19.1 Å². The number of aryl methyl sites for hydroxylation is 2. The fourth-order valence-corrected chi connectivity index (χ4v) is 6.43. The van der Waals surface area contributed by atoms with Crippen LogP contribution in [0.3, 0.4) is 0 Å². The minimum absolute atomic E-state index is 0.0508. The lowest BCUT2D eigenvalue weighted by Crippen LogP contribution is -2.30. The van der Waals surface area contributed by atoms with E-state index in [0.717, 1.165) is 77.4 Å². The summed E-state index contributed by atoms with van der Waals surface area (Å²) in [6.07, 6.45) is 8.10. The van der Waals surface area contributed by atoms with E-state index >= 15 is 0 Å². The fourth-order valence-electron chi connectivity index (χ4n) is 6.43. The second-order valence-electron chi connectivity index (χ2n) is 11.8. The van der Waals surface area contributed by atoms with Crippen molar-refractivity contribution in [1.29, 1.82) is 0 Å². The molecule has 1 saturated carbocycles. The molecule has 4 aromatic rings. The Morgan fingerprint density at radius 2 is 1.74 bits per heavy atom. The van der Waals surface area contributed by atoms with E-state index in [1.165, 1.54) is 6.07 Å². The minimum atomic E-state index is -0.841. The number of pyridine rings is 1. The number of hydrogen-bond acceptors (Lipinski definition) is 3. The Hall–Kier alpha value is -4.06. The van der Waals surface area contributed by atoms with Gasteiger partial charge in [0.1, 0.15) is 5.82 Å². The average molecular weight is 567 g/mol. The maximum Gasteiger partial charge on any atom is 0.310 e. The van der Waals surface area contributed by atoms with Crippen LogP contribution in [-0.2, 0) is 16.0 Å². The van der Waals surface area contributed by atoms with E-state index in [-0.39, 0.29) is 23.6 Å². The second-order valence-corrected chi connectivity index (χ2v) is 11.8.